The normalized spacial score (nSPS) is 20.6. The van der Waals surface area contributed by atoms with Crippen molar-refractivity contribution in [3.8, 4) is 0 Å². The molecule has 1 saturated heterocycles. The van der Waals surface area contributed by atoms with Gasteiger partial charge in [-0.3, -0.25) is 0 Å². The number of fused-ring (bicyclic) bond motifs is 1. The van der Waals surface area contributed by atoms with Gasteiger partial charge < -0.3 is 4.90 Å². The molecule has 0 amide bonds. The predicted molar refractivity (Wildman–Crippen MR) is 70.8 cm³/mol. The number of aromatic nitrogens is 4. The molecule has 3 heterocycles. The largest absolute Gasteiger partial charge is 0.353 e. The van der Waals surface area contributed by atoms with Gasteiger partial charge in [0.1, 0.15) is 12.1 Å². The first kappa shape index (κ1) is 11.4. The number of piperidine rings is 1. The van der Waals surface area contributed by atoms with E-state index in [-0.39, 0.29) is 0 Å². The lowest BCUT2D eigenvalue weighted by molar-refractivity contribution is 0.444. The SMILES string of the molecule is CC[C@@H]1CCCCN1c1cc(C)nc2ncnn12. The number of rotatable bonds is 2. The highest BCUT2D eigenvalue weighted by atomic mass is 15.4. The van der Waals surface area contributed by atoms with Gasteiger partial charge in [-0.15, -0.1) is 0 Å². The highest BCUT2D eigenvalue weighted by Gasteiger charge is 2.23. The second kappa shape index (κ2) is 4.55. The Hall–Kier alpha value is -1.65. The zero-order valence-electron chi connectivity index (χ0n) is 11.0. The molecule has 1 fully saturated rings. The number of hydrogen-bond acceptors (Lipinski definition) is 4. The summed E-state index contributed by atoms with van der Waals surface area (Å²) in [4.78, 5) is 11.1. The number of aryl methyl sites for hydroxylation is 1. The first-order chi connectivity index (χ1) is 8.79. The lowest BCUT2D eigenvalue weighted by Crippen LogP contribution is -2.40. The van der Waals surface area contributed by atoms with Gasteiger partial charge in [-0.25, -0.2) is 4.98 Å². The van der Waals surface area contributed by atoms with Gasteiger partial charge in [0.15, 0.2) is 0 Å². The second-order valence-corrected chi connectivity index (χ2v) is 4.98. The van der Waals surface area contributed by atoms with Gasteiger partial charge in [0.25, 0.3) is 5.78 Å². The summed E-state index contributed by atoms with van der Waals surface area (Å²) in [5, 5.41) is 4.31. The van der Waals surface area contributed by atoms with Crippen molar-refractivity contribution in [2.45, 2.75) is 45.6 Å². The Morgan fingerprint density at radius 1 is 1.39 bits per heavy atom. The molecule has 18 heavy (non-hydrogen) atoms. The van der Waals surface area contributed by atoms with Crippen LogP contribution in [0.2, 0.25) is 0 Å². The summed E-state index contributed by atoms with van der Waals surface area (Å²) in [6.45, 7) is 5.38. The first-order valence-corrected chi connectivity index (χ1v) is 6.73. The maximum Gasteiger partial charge on any atom is 0.254 e. The smallest absolute Gasteiger partial charge is 0.254 e. The van der Waals surface area contributed by atoms with Gasteiger partial charge in [0, 0.05) is 24.3 Å². The fourth-order valence-electron chi connectivity index (χ4n) is 2.84. The van der Waals surface area contributed by atoms with Crippen LogP contribution in [0.3, 0.4) is 0 Å². The van der Waals surface area contributed by atoms with E-state index in [0.717, 1.165) is 18.1 Å². The molecule has 0 saturated carbocycles. The molecule has 0 bridgehead atoms. The summed E-state index contributed by atoms with van der Waals surface area (Å²) in [5.74, 6) is 1.84. The van der Waals surface area contributed by atoms with Gasteiger partial charge in [-0.05, 0) is 32.6 Å². The van der Waals surface area contributed by atoms with E-state index < -0.39 is 0 Å². The Labute approximate surface area is 107 Å². The van der Waals surface area contributed by atoms with Crippen LogP contribution in [0.4, 0.5) is 5.82 Å². The first-order valence-electron chi connectivity index (χ1n) is 6.73. The van der Waals surface area contributed by atoms with Crippen molar-refractivity contribution in [2.75, 3.05) is 11.4 Å². The number of nitrogens with zero attached hydrogens (tertiary/aromatic N) is 5. The van der Waals surface area contributed by atoms with Crippen LogP contribution in [0.25, 0.3) is 5.78 Å². The summed E-state index contributed by atoms with van der Waals surface area (Å²) in [5.41, 5.74) is 1.01. The number of hydrogen-bond donors (Lipinski definition) is 0. The van der Waals surface area contributed by atoms with Crippen LogP contribution in [0.15, 0.2) is 12.4 Å². The van der Waals surface area contributed by atoms with E-state index in [0.29, 0.717) is 11.8 Å². The van der Waals surface area contributed by atoms with E-state index in [1.165, 1.54) is 25.7 Å². The summed E-state index contributed by atoms with van der Waals surface area (Å²) >= 11 is 0. The van der Waals surface area contributed by atoms with Crippen LogP contribution < -0.4 is 4.90 Å². The molecule has 0 radical (unpaired) electrons. The van der Waals surface area contributed by atoms with E-state index in [1.54, 1.807) is 6.33 Å². The third-order valence-electron chi connectivity index (χ3n) is 3.75. The van der Waals surface area contributed by atoms with Crippen molar-refractivity contribution in [3.63, 3.8) is 0 Å². The summed E-state index contributed by atoms with van der Waals surface area (Å²) < 4.78 is 1.86. The van der Waals surface area contributed by atoms with Crippen LogP contribution in [0, 0.1) is 6.92 Å². The van der Waals surface area contributed by atoms with Gasteiger partial charge in [0.05, 0.1) is 0 Å². The highest BCUT2D eigenvalue weighted by Crippen LogP contribution is 2.26. The van der Waals surface area contributed by atoms with Crippen LogP contribution in [0.5, 0.6) is 0 Å². The third-order valence-corrected chi connectivity index (χ3v) is 3.75. The Morgan fingerprint density at radius 3 is 3.11 bits per heavy atom. The summed E-state index contributed by atoms with van der Waals surface area (Å²) in [7, 11) is 0. The molecule has 2 aromatic rings. The molecule has 0 unspecified atom stereocenters. The minimum absolute atomic E-state index is 0.618. The molecule has 2 aromatic heterocycles. The standard InChI is InChI=1S/C13H19N5/c1-3-11-6-4-5-7-17(11)12-8-10(2)16-13-14-9-15-18(12)13/h8-9,11H,3-7H2,1-2H3/t11-/m1/s1. The zero-order valence-corrected chi connectivity index (χ0v) is 11.0. The lowest BCUT2D eigenvalue weighted by Gasteiger charge is -2.36. The molecule has 1 atom stereocenters. The topological polar surface area (TPSA) is 46.3 Å². The molecule has 0 aliphatic carbocycles. The lowest BCUT2D eigenvalue weighted by atomic mass is 10.00. The van der Waals surface area contributed by atoms with Gasteiger partial charge >= 0.3 is 0 Å². The molecule has 0 N–H and O–H groups in total. The molecule has 96 valence electrons. The maximum absolute atomic E-state index is 4.40. The Morgan fingerprint density at radius 2 is 2.28 bits per heavy atom. The van der Waals surface area contributed by atoms with Gasteiger partial charge in [-0.1, -0.05) is 6.92 Å². The molecular formula is C13H19N5. The third kappa shape index (κ3) is 1.83. The van der Waals surface area contributed by atoms with Crippen molar-refractivity contribution >= 4 is 11.6 Å². The maximum atomic E-state index is 4.40. The van der Waals surface area contributed by atoms with Crippen molar-refractivity contribution in [1.29, 1.82) is 0 Å². The fraction of sp³-hybridized carbons (Fsp3) is 0.615. The van der Waals surface area contributed by atoms with Crippen molar-refractivity contribution in [2.24, 2.45) is 0 Å². The molecule has 0 spiro atoms. The Balaban J connectivity index is 2.08. The quantitative estimate of drug-likeness (QED) is 0.813. The average Bonchev–Trinajstić information content (AvgIpc) is 2.85. The van der Waals surface area contributed by atoms with Crippen LogP contribution in [-0.2, 0) is 0 Å². The second-order valence-electron chi connectivity index (χ2n) is 4.98. The van der Waals surface area contributed by atoms with E-state index >= 15 is 0 Å². The average molecular weight is 245 g/mol. The van der Waals surface area contributed by atoms with E-state index in [1.807, 2.05) is 11.4 Å². The van der Waals surface area contributed by atoms with E-state index in [4.69, 9.17) is 0 Å². The predicted octanol–water partition coefficient (Wildman–Crippen LogP) is 2.20. The molecule has 5 nitrogen and oxygen atoms in total. The minimum Gasteiger partial charge on any atom is -0.353 e. The zero-order chi connectivity index (χ0) is 12.5. The highest BCUT2D eigenvalue weighted by molar-refractivity contribution is 5.48. The van der Waals surface area contributed by atoms with E-state index in [2.05, 4.69) is 33.0 Å². The molecule has 1 aliphatic rings. The fourth-order valence-corrected chi connectivity index (χ4v) is 2.84. The van der Waals surface area contributed by atoms with E-state index in [9.17, 15) is 0 Å². The molecule has 0 aromatic carbocycles. The monoisotopic (exact) mass is 245 g/mol. The number of anilines is 1. The van der Waals surface area contributed by atoms with Gasteiger partial charge in [0.2, 0.25) is 0 Å². The summed E-state index contributed by atoms with van der Waals surface area (Å²) in [6, 6.07) is 2.74. The van der Waals surface area contributed by atoms with Crippen LogP contribution >= 0.6 is 0 Å². The van der Waals surface area contributed by atoms with Crippen LogP contribution in [-0.4, -0.2) is 32.2 Å². The molecule has 5 heteroatoms. The van der Waals surface area contributed by atoms with Crippen molar-refractivity contribution in [3.05, 3.63) is 18.1 Å². The summed E-state index contributed by atoms with van der Waals surface area (Å²) in [6.07, 6.45) is 6.62. The van der Waals surface area contributed by atoms with Crippen molar-refractivity contribution < 1.29 is 0 Å². The Bertz CT molecular complexity index is 547. The van der Waals surface area contributed by atoms with Gasteiger partial charge in [-0.2, -0.15) is 14.6 Å². The molecule has 1 aliphatic heterocycles. The van der Waals surface area contributed by atoms with Crippen molar-refractivity contribution in [1.82, 2.24) is 19.6 Å². The Kier molecular flexibility index (Phi) is 2.89. The van der Waals surface area contributed by atoms with Crippen LogP contribution in [0.1, 0.15) is 38.3 Å². The molecular weight excluding hydrogens is 226 g/mol. The minimum atomic E-state index is 0.618. The molecule has 3 rings (SSSR count).